The predicted molar refractivity (Wildman–Crippen MR) is 153 cm³/mol. The van der Waals surface area contributed by atoms with Gasteiger partial charge in [0.05, 0.1) is 24.9 Å². The normalized spacial score (nSPS) is 12.1. The lowest BCUT2D eigenvalue weighted by Crippen LogP contribution is -2.31. The molecule has 0 aliphatic rings. The Kier molecular flexibility index (Phi) is 8.07. The molecule has 0 saturated carbocycles. The lowest BCUT2D eigenvalue weighted by molar-refractivity contribution is -0.122. The summed E-state index contributed by atoms with van der Waals surface area (Å²) in [4.78, 5) is 27.2. The summed E-state index contributed by atoms with van der Waals surface area (Å²) >= 11 is 12.3. The third-order valence-electron chi connectivity index (χ3n) is 6.65. The molecule has 1 atom stereocenters. The van der Waals surface area contributed by atoms with Crippen molar-refractivity contribution >= 4 is 39.9 Å². The molecule has 1 unspecified atom stereocenters. The maximum Gasteiger partial charge on any atom is 0.252 e. The van der Waals surface area contributed by atoms with Crippen molar-refractivity contribution in [2.75, 3.05) is 20.8 Å². The summed E-state index contributed by atoms with van der Waals surface area (Å²) in [5.41, 5.74) is 2.99. The van der Waals surface area contributed by atoms with Gasteiger partial charge in [0.1, 0.15) is 5.75 Å². The fraction of sp³-hybridized carbons (Fsp3) is 0.241. The Hall–Kier alpha value is -3.92. The van der Waals surface area contributed by atoms with E-state index in [2.05, 4.69) is 10.3 Å². The van der Waals surface area contributed by atoms with Gasteiger partial charge in [0, 0.05) is 67.1 Å². The molecule has 0 spiro atoms. The molecule has 0 amide bonds. The lowest BCUT2D eigenvalue weighted by atomic mass is 9.97. The number of fused-ring (bicyclic) bond motifs is 1. The van der Waals surface area contributed by atoms with Crippen molar-refractivity contribution in [2.45, 2.75) is 18.9 Å². The number of halogens is 2. The van der Waals surface area contributed by atoms with Gasteiger partial charge in [-0.05, 0) is 47.9 Å². The Morgan fingerprint density at radius 1 is 1.02 bits per heavy atom. The first-order chi connectivity index (χ1) is 19.3. The van der Waals surface area contributed by atoms with Crippen LogP contribution < -0.4 is 10.3 Å². The molecule has 3 aromatic heterocycles. The van der Waals surface area contributed by atoms with Gasteiger partial charge in [0.2, 0.25) is 0 Å². The summed E-state index contributed by atoms with van der Waals surface area (Å²) < 4.78 is 19.5. The van der Waals surface area contributed by atoms with Gasteiger partial charge in [-0.25, -0.2) is 0 Å². The molecule has 0 aliphatic carbocycles. The minimum Gasteiger partial charge on any atom is -0.495 e. The van der Waals surface area contributed by atoms with E-state index in [4.69, 9.17) is 37.2 Å². The Labute approximate surface area is 239 Å². The molecule has 0 N–H and O–H groups in total. The van der Waals surface area contributed by atoms with Crippen LogP contribution >= 0.6 is 23.2 Å². The van der Waals surface area contributed by atoms with Crippen LogP contribution in [0.25, 0.3) is 33.4 Å². The zero-order chi connectivity index (χ0) is 28.4. The van der Waals surface area contributed by atoms with Gasteiger partial charge in [0.25, 0.3) is 5.56 Å². The number of benzene rings is 2. The summed E-state index contributed by atoms with van der Waals surface area (Å²) in [6.45, 7) is 0.291. The van der Waals surface area contributed by atoms with Crippen LogP contribution in [0.2, 0.25) is 10.2 Å². The van der Waals surface area contributed by atoms with Gasteiger partial charge in [-0.3, -0.25) is 14.3 Å². The monoisotopic (exact) mass is 580 g/mol. The zero-order valence-electron chi connectivity index (χ0n) is 22.1. The maximum absolute atomic E-state index is 13.6. The number of Topliss-reactive ketones (excluding diaryl/α,β-unsaturated/α-hetero) is 1. The van der Waals surface area contributed by atoms with E-state index in [0.717, 1.165) is 16.5 Å². The van der Waals surface area contributed by atoms with Crippen molar-refractivity contribution in [1.29, 1.82) is 0 Å². The van der Waals surface area contributed by atoms with Crippen molar-refractivity contribution in [3.05, 3.63) is 87.0 Å². The second kappa shape index (κ2) is 11.7. The number of aryl methyl sites for hydroxylation is 1. The summed E-state index contributed by atoms with van der Waals surface area (Å²) in [5, 5.41) is 9.73. The number of pyridine rings is 1. The molecule has 206 valence electrons. The Morgan fingerprint density at radius 2 is 1.85 bits per heavy atom. The van der Waals surface area contributed by atoms with Crippen LogP contribution in [-0.4, -0.2) is 46.1 Å². The van der Waals surface area contributed by atoms with Crippen LogP contribution in [-0.2, 0) is 23.0 Å². The zero-order valence-corrected chi connectivity index (χ0v) is 23.6. The maximum atomic E-state index is 13.6. The molecule has 11 heteroatoms. The number of aromatic nitrogens is 4. The highest BCUT2D eigenvalue weighted by Crippen LogP contribution is 2.39. The second-order valence-corrected chi connectivity index (χ2v) is 10.2. The molecule has 0 radical (unpaired) electrons. The molecule has 0 bridgehead atoms. The minimum absolute atomic E-state index is 0.128. The van der Waals surface area contributed by atoms with Gasteiger partial charge in [-0.1, -0.05) is 34.4 Å². The van der Waals surface area contributed by atoms with Crippen molar-refractivity contribution in [1.82, 2.24) is 19.5 Å². The molecule has 3 heterocycles. The third-order valence-corrected chi connectivity index (χ3v) is 7.06. The van der Waals surface area contributed by atoms with Crippen LogP contribution in [0, 0.1) is 0 Å². The standard InChI is InChI=1S/C29H26Cl2N4O5/c1-34-15-18-10-17(4-7-23(18)32-34)11-25(36)24(8-9-38-2)35-16-27(39-3)22(13-29(35)37)21-12-19(30)5-6-20(21)26-14-28(31)33-40-26/h4-7,10,12-16,24H,8-9,11H2,1-3H3. The quantitative estimate of drug-likeness (QED) is 0.207. The van der Waals surface area contributed by atoms with Gasteiger partial charge >= 0.3 is 0 Å². The molecule has 5 rings (SSSR count). The van der Waals surface area contributed by atoms with Crippen molar-refractivity contribution in [3.63, 3.8) is 0 Å². The number of hydrogen-bond acceptors (Lipinski definition) is 7. The van der Waals surface area contributed by atoms with Crippen LogP contribution in [0.4, 0.5) is 0 Å². The molecule has 2 aromatic carbocycles. The number of carbonyl (C=O) groups excluding carboxylic acids is 1. The van der Waals surface area contributed by atoms with E-state index in [1.807, 2.05) is 31.4 Å². The first kappa shape index (κ1) is 27.6. The fourth-order valence-electron chi connectivity index (χ4n) is 4.79. The van der Waals surface area contributed by atoms with Crippen molar-refractivity contribution in [3.8, 4) is 28.2 Å². The van der Waals surface area contributed by atoms with Crippen LogP contribution in [0.5, 0.6) is 5.75 Å². The van der Waals surface area contributed by atoms with Gasteiger partial charge < -0.3 is 18.6 Å². The molecule has 0 fully saturated rings. The summed E-state index contributed by atoms with van der Waals surface area (Å²) in [5.74, 6) is 0.652. The van der Waals surface area contributed by atoms with Crippen LogP contribution in [0.15, 0.2) is 70.2 Å². The van der Waals surface area contributed by atoms with E-state index >= 15 is 0 Å². The summed E-state index contributed by atoms with van der Waals surface area (Å²) in [6.07, 6.45) is 3.90. The average molecular weight is 581 g/mol. The molecular weight excluding hydrogens is 555 g/mol. The van der Waals surface area contributed by atoms with Crippen molar-refractivity contribution in [2.24, 2.45) is 7.05 Å². The number of carbonyl (C=O) groups is 1. The SMILES string of the molecule is COCCC(C(=O)Cc1ccc2nn(C)cc2c1)n1cc(OC)c(-c2cc(Cl)ccc2-c2cc(Cl)no2)cc1=O. The Bertz CT molecular complexity index is 1760. The fourth-order valence-corrected chi connectivity index (χ4v) is 5.10. The van der Waals surface area contributed by atoms with E-state index in [9.17, 15) is 9.59 Å². The molecule has 5 aromatic rings. The first-order valence-electron chi connectivity index (χ1n) is 12.4. The van der Waals surface area contributed by atoms with Gasteiger partial charge in [-0.15, -0.1) is 0 Å². The average Bonchev–Trinajstić information content (AvgIpc) is 3.53. The molecule has 0 aliphatic heterocycles. The van der Waals surface area contributed by atoms with Gasteiger partial charge in [-0.2, -0.15) is 5.10 Å². The predicted octanol–water partition coefficient (Wildman–Crippen LogP) is 5.76. The minimum atomic E-state index is -0.771. The highest BCUT2D eigenvalue weighted by molar-refractivity contribution is 6.31. The largest absolute Gasteiger partial charge is 0.495 e. The van der Waals surface area contributed by atoms with E-state index in [1.54, 1.807) is 42.3 Å². The van der Waals surface area contributed by atoms with Crippen LogP contribution in [0.1, 0.15) is 18.0 Å². The molecule has 0 saturated heterocycles. The molecular formula is C29H26Cl2N4O5. The van der Waals surface area contributed by atoms with Gasteiger partial charge in [0.15, 0.2) is 16.7 Å². The third kappa shape index (κ3) is 5.67. The number of hydrogen-bond donors (Lipinski definition) is 0. The number of ketones is 1. The number of nitrogens with zero attached hydrogens (tertiary/aromatic N) is 4. The van der Waals surface area contributed by atoms with E-state index in [0.29, 0.717) is 46.3 Å². The number of ether oxygens (including phenoxy) is 2. The smallest absolute Gasteiger partial charge is 0.252 e. The highest BCUT2D eigenvalue weighted by Gasteiger charge is 2.25. The second-order valence-electron chi connectivity index (χ2n) is 9.34. The Balaban J connectivity index is 1.54. The molecule has 40 heavy (non-hydrogen) atoms. The van der Waals surface area contributed by atoms with E-state index < -0.39 is 6.04 Å². The van der Waals surface area contributed by atoms with E-state index in [1.165, 1.54) is 17.7 Å². The molecule has 9 nitrogen and oxygen atoms in total. The van der Waals surface area contributed by atoms with E-state index in [-0.39, 0.29) is 22.9 Å². The Morgan fingerprint density at radius 3 is 2.58 bits per heavy atom. The summed E-state index contributed by atoms with van der Waals surface area (Å²) in [6, 6.07) is 13.1. The number of methoxy groups -OCH3 is 2. The first-order valence-corrected chi connectivity index (χ1v) is 13.2. The highest BCUT2D eigenvalue weighted by atomic mass is 35.5. The van der Waals surface area contributed by atoms with Crippen molar-refractivity contribution < 1.29 is 18.8 Å². The topological polar surface area (TPSA) is 101 Å². The number of rotatable bonds is 10. The lowest BCUT2D eigenvalue weighted by Gasteiger charge is -2.21. The summed E-state index contributed by atoms with van der Waals surface area (Å²) in [7, 11) is 4.90. The van der Waals surface area contributed by atoms with Crippen LogP contribution in [0.3, 0.4) is 0 Å².